The Kier molecular flexibility index (Phi) is 4.07. The summed E-state index contributed by atoms with van der Waals surface area (Å²) in [6.45, 7) is 0. The SMILES string of the molecule is COc1ccc(NC(=O)c2c[nH]c(=O)[nH]c2=O)cc1OC. The number of rotatable bonds is 4. The first-order valence-electron chi connectivity index (χ1n) is 5.90. The van der Waals surface area contributed by atoms with Gasteiger partial charge in [-0.25, -0.2) is 4.79 Å². The Morgan fingerprint density at radius 3 is 2.48 bits per heavy atom. The minimum absolute atomic E-state index is 0.204. The van der Waals surface area contributed by atoms with Crippen molar-refractivity contribution < 1.29 is 14.3 Å². The maximum absolute atomic E-state index is 12.0. The molecule has 0 spiro atoms. The highest BCUT2D eigenvalue weighted by atomic mass is 16.5. The summed E-state index contributed by atoms with van der Waals surface area (Å²) in [5, 5.41) is 2.53. The minimum atomic E-state index is -0.767. The van der Waals surface area contributed by atoms with Gasteiger partial charge in [0.05, 0.1) is 14.2 Å². The van der Waals surface area contributed by atoms with Crippen molar-refractivity contribution in [2.45, 2.75) is 0 Å². The van der Waals surface area contributed by atoms with Gasteiger partial charge in [0.2, 0.25) is 0 Å². The molecular formula is C13H13N3O5. The standard InChI is InChI=1S/C13H13N3O5/c1-20-9-4-3-7(5-10(9)21-2)15-11(17)8-6-14-13(19)16-12(8)18/h3-6H,1-2H3,(H,15,17)(H2,14,16,18,19). The van der Waals surface area contributed by atoms with Gasteiger partial charge in [-0.3, -0.25) is 14.6 Å². The van der Waals surface area contributed by atoms with E-state index in [1.165, 1.54) is 14.2 Å². The molecule has 1 aromatic carbocycles. The Bertz CT molecular complexity index is 778. The van der Waals surface area contributed by atoms with Crippen LogP contribution in [0.15, 0.2) is 34.0 Å². The molecule has 0 aliphatic rings. The Labute approximate surface area is 118 Å². The van der Waals surface area contributed by atoms with Crippen molar-refractivity contribution >= 4 is 11.6 Å². The molecule has 0 saturated carbocycles. The van der Waals surface area contributed by atoms with Crippen LogP contribution in [0, 0.1) is 0 Å². The lowest BCUT2D eigenvalue weighted by atomic mass is 10.2. The predicted molar refractivity (Wildman–Crippen MR) is 75.2 cm³/mol. The van der Waals surface area contributed by atoms with Gasteiger partial charge in [0, 0.05) is 18.0 Å². The van der Waals surface area contributed by atoms with Crippen LogP contribution in [-0.4, -0.2) is 30.1 Å². The van der Waals surface area contributed by atoms with E-state index in [1.54, 1.807) is 18.2 Å². The molecule has 8 nitrogen and oxygen atoms in total. The summed E-state index contributed by atoms with van der Waals surface area (Å²) in [6, 6.07) is 4.77. The molecule has 0 radical (unpaired) electrons. The lowest BCUT2D eigenvalue weighted by molar-refractivity contribution is 0.102. The fraction of sp³-hybridized carbons (Fsp3) is 0.154. The molecule has 0 saturated heterocycles. The van der Waals surface area contributed by atoms with Crippen molar-refractivity contribution in [3.63, 3.8) is 0 Å². The number of carbonyl (C=O) groups excluding carboxylic acids is 1. The third-order valence-corrected chi connectivity index (χ3v) is 2.71. The Morgan fingerprint density at radius 2 is 1.86 bits per heavy atom. The van der Waals surface area contributed by atoms with E-state index in [4.69, 9.17) is 9.47 Å². The number of hydrogen-bond acceptors (Lipinski definition) is 5. The van der Waals surface area contributed by atoms with Crippen molar-refractivity contribution in [1.29, 1.82) is 0 Å². The second-order valence-electron chi connectivity index (χ2n) is 4.01. The highest BCUT2D eigenvalue weighted by Gasteiger charge is 2.12. The molecule has 110 valence electrons. The van der Waals surface area contributed by atoms with Crippen LogP contribution in [0.5, 0.6) is 11.5 Å². The van der Waals surface area contributed by atoms with E-state index in [1.807, 2.05) is 4.98 Å². The number of anilines is 1. The van der Waals surface area contributed by atoms with E-state index in [-0.39, 0.29) is 5.56 Å². The van der Waals surface area contributed by atoms with E-state index in [0.717, 1.165) is 6.20 Å². The first-order chi connectivity index (χ1) is 10.0. The normalized spacial score (nSPS) is 10.0. The molecule has 0 atom stereocenters. The molecule has 0 aliphatic heterocycles. The highest BCUT2D eigenvalue weighted by molar-refractivity contribution is 6.03. The highest BCUT2D eigenvalue weighted by Crippen LogP contribution is 2.29. The van der Waals surface area contributed by atoms with Gasteiger partial charge in [-0.2, -0.15) is 0 Å². The number of amides is 1. The largest absolute Gasteiger partial charge is 0.493 e. The molecule has 1 aromatic heterocycles. The quantitative estimate of drug-likeness (QED) is 0.751. The number of aromatic amines is 2. The zero-order chi connectivity index (χ0) is 15.4. The van der Waals surface area contributed by atoms with Crippen LogP contribution in [0.25, 0.3) is 0 Å². The van der Waals surface area contributed by atoms with Crippen LogP contribution >= 0.6 is 0 Å². The summed E-state index contributed by atoms with van der Waals surface area (Å²) >= 11 is 0. The van der Waals surface area contributed by atoms with Crippen molar-refractivity contribution in [3.05, 3.63) is 50.8 Å². The molecule has 8 heteroatoms. The van der Waals surface area contributed by atoms with Crippen LogP contribution in [0.2, 0.25) is 0 Å². The summed E-state index contributed by atoms with van der Waals surface area (Å²) in [4.78, 5) is 38.6. The topological polar surface area (TPSA) is 113 Å². The lowest BCUT2D eigenvalue weighted by Gasteiger charge is -2.10. The smallest absolute Gasteiger partial charge is 0.325 e. The molecule has 0 aliphatic carbocycles. The number of ether oxygens (including phenoxy) is 2. The van der Waals surface area contributed by atoms with Gasteiger partial charge < -0.3 is 19.8 Å². The van der Waals surface area contributed by atoms with E-state index < -0.39 is 17.2 Å². The number of hydrogen-bond donors (Lipinski definition) is 3. The number of nitrogens with one attached hydrogen (secondary N) is 3. The minimum Gasteiger partial charge on any atom is -0.493 e. The molecule has 0 fully saturated rings. The van der Waals surface area contributed by atoms with E-state index in [9.17, 15) is 14.4 Å². The molecule has 0 bridgehead atoms. The van der Waals surface area contributed by atoms with Gasteiger partial charge in [0.25, 0.3) is 11.5 Å². The zero-order valence-electron chi connectivity index (χ0n) is 11.4. The molecule has 2 rings (SSSR count). The number of methoxy groups -OCH3 is 2. The third kappa shape index (κ3) is 3.11. The zero-order valence-corrected chi connectivity index (χ0v) is 11.4. The predicted octanol–water partition coefficient (Wildman–Crippen LogP) is 0.333. The molecular weight excluding hydrogens is 278 g/mol. The molecule has 0 unspecified atom stereocenters. The van der Waals surface area contributed by atoms with Crippen LogP contribution in [0.3, 0.4) is 0 Å². The van der Waals surface area contributed by atoms with Crippen LogP contribution in [-0.2, 0) is 0 Å². The van der Waals surface area contributed by atoms with Crippen molar-refractivity contribution in [1.82, 2.24) is 9.97 Å². The Balaban J connectivity index is 2.27. The monoisotopic (exact) mass is 291 g/mol. The van der Waals surface area contributed by atoms with E-state index in [0.29, 0.717) is 17.2 Å². The maximum atomic E-state index is 12.0. The Hall–Kier alpha value is -3.03. The maximum Gasteiger partial charge on any atom is 0.325 e. The fourth-order valence-electron chi connectivity index (χ4n) is 1.69. The second-order valence-corrected chi connectivity index (χ2v) is 4.01. The third-order valence-electron chi connectivity index (χ3n) is 2.71. The lowest BCUT2D eigenvalue weighted by Crippen LogP contribution is -2.29. The summed E-state index contributed by atoms with van der Waals surface area (Å²) in [6.07, 6.45) is 1.05. The van der Waals surface area contributed by atoms with Crippen LogP contribution in [0.4, 0.5) is 5.69 Å². The van der Waals surface area contributed by atoms with E-state index >= 15 is 0 Å². The number of H-pyrrole nitrogens is 2. The molecule has 2 aromatic rings. The first kappa shape index (κ1) is 14.4. The summed E-state index contributed by atoms with van der Waals surface area (Å²) in [5.41, 5.74) is -1.23. The Morgan fingerprint density at radius 1 is 1.14 bits per heavy atom. The summed E-state index contributed by atoms with van der Waals surface area (Å²) < 4.78 is 10.2. The molecule has 3 N–H and O–H groups in total. The molecule has 1 heterocycles. The van der Waals surface area contributed by atoms with Gasteiger partial charge in [0.15, 0.2) is 11.5 Å². The first-order valence-corrected chi connectivity index (χ1v) is 5.90. The second kappa shape index (κ2) is 5.95. The van der Waals surface area contributed by atoms with E-state index in [2.05, 4.69) is 10.3 Å². The number of carbonyl (C=O) groups is 1. The van der Waals surface area contributed by atoms with Gasteiger partial charge in [0.1, 0.15) is 5.56 Å². The average Bonchev–Trinajstić information content (AvgIpc) is 2.46. The number of aromatic nitrogens is 2. The average molecular weight is 291 g/mol. The van der Waals surface area contributed by atoms with Crippen LogP contribution < -0.4 is 26.0 Å². The molecule has 21 heavy (non-hydrogen) atoms. The fourth-order valence-corrected chi connectivity index (χ4v) is 1.69. The van der Waals surface area contributed by atoms with Crippen molar-refractivity contribution in [2.75, 3.05) is 19.5 Å². The van der Waals surface area contributed by atoms with Gasteiger partial charge in [-0.05, 0) is 12.1 Å². The van der Waals surface area contributed by atoms with Gasteiger partial charge >= 0.3 is 5.69 Å². The summed E-state index contributed by atoms with van der Waals surface area (Å²) in [7, 11) is 2.96. The van der Waals surface area contributed by atoms with Gasteiger partial charge in [-0.1, -0.05) is 0 Å². The van der Waals surface area contributed by atoms with Crippen molar-refractivity contribution in [2.24, 2.45) is 0 Å². The summed E-state index contributed by atoms with van der Waals surface area (Å²) in [5.74, 6) is 0.294. The van der Waals surface area contributed by atoms with Gasteiger partial charge in [-0.15, -0.1) is 0 Å². The van der Waals surface area contributed by atoms with Crippen molar-refractivity contribution in [3.8, 4) is 11.5 Å². The number of benzene rings is 1. The molecule has 1 amide bonds. The van der Waals surface area contributed by atoms with Crippen LogP contribution in [0.1, 0.15) is 10.4 Å².